The summed E-state index contributed by atoms with van der Waals surface area (Å²) in [5.41, 5.74) is 6.98. The Kier molecular flexibility index (Phi) is 5.56. The second-order valence-electron chi connectivity index (χ2n) is 5.41. The molecular formula is C16H24N2O2. The molecule has 0 spiro atoms. The van der Waals surface area contributed by atoms with Crippen molar-refractivity contribution in [3.63, 3.8) is 0 Å². The first-order valence-corrected chi connectivity index (χ1v) is 7.30. The Bertz CT molecular complexity index is 422. The van der Waals surface area contributed by atoms with E-state index in [0.717, 1.165) is 24.9 Å². The highest BCUT2D eigenvalue weighted by atomic mass is 16.5. The van der Waals surface area contributed by atoms with Gasteiger partial charge in [-0.1, -0.05) is 30.3 Å². The molecule has 0 radical (unpaired) electrons. The zero-order valence-corrected chi connectivity index (χ0v) is 12.1. The third-order valence-corrected chi connectivity index (χ3v) is 3.98. The third-order valence-electron chi connectivity index (χ3n) is 3.98. The summed E-state index contributed by atoms with van der Waals surface area (Å²) < 4.78 is 5.38. The molecule has 1 aromatic rings. The number of nitrogens with zero attached hydrogens (tertiary/aromatic N) is 1. The molecular weight excluding hydrogens is 252 g/mol. The largest absolute Gasteiger partial charge is 0.380 e. The van der Waals surface area contributed by atoms with E-state index in [-0.39, 0.29) is 17.9 Å². The normalized spacial score (nSPS) is 20.7. The topological polar surface area (TPSA) is 55.6 Å². The van der Waals surface area contributed by atoms with E-state index >= 15 is 0 Å². The van der Waals surface area contributed by atoms with Crippen molar-refractivity contribution in [2.75, 3.05) is 26.7 Å². The Morgan fingerprint density at radius 3 is 2.85 bits per heavy atom. The molecule has 2 unspecified atom stereocenters. The molecule has 4 nitrogen and oxygen atoms in total. The lowest BCUT2D eigenvalue weighted by Crippen LogP contribution is -2.47. The smallest absolute Gasteiger partial charge is 0.227 e. The summed E-state index contributed by atoms with van der Waals surface area (Å²) in [4.78, 5) is 14.5. The van der Waals surface area contributed by atoms with Crippen molar-refractivity contribution in [2.24, 2.45) is 11.7 Å². The van der Waals surface area contributed by atoms with Crippen molar-refractivity contribution in [3.05, 3.63) is 35.9 Å². The molecule has 2 atom stereocenters. The minimum Gasteiger partial charge on any atom is -0.380 e. The maximum atomic E-state index is 12.6. The van der Waals surface area contributed by atoms with E-state index in [1.54, 1.807) is 7.11 Å². The van der Waals surface area contributed by atoms with Gasteiger partial charge in [-0.3, -0.25) is 4.79 Å². The Hall–Kier alpha value is -1.39. The first kappa shape index (κ1) is 15.0. The van der Waals surface area contributed by atoms with Crippen LogP contribution in [-0.4, -0.2) is 43.7 Å². The number of hydrogen-bond donors (Lipinski definition) is 1. The van der Waals surface area contributed by atoms with E-state index in [4.69, 9.17) is 10.5 Å². The summed E-state index contributed by atoms with van der Waals surface area (Å²) in [6, 6.07) is 10.1. The van der Waals surface area contributed by atoms with Gasteiger partial charge in [0.05, 0.1) is 12.0 Å². The van der Waals surface area contributed by atoms with E-state index in [2.05, 4.69) is 0 Å². The monoisotopic (exact) mass is 276 g/mol. The van der Waals surface area contributed by atoms with E-state index < -0.39 is 0 Å². The summed E-state index contributed by atoms with van der Waals surface area (Å²) in [6.07, 6.45) is 2.92. The van der Waals surface area contributed by atoms with Crippen LogP contribution in [0.25, 0.3) is 0 Å². The number of ether oxygens (including phenoxy) is 1. The number of carbonyl (C=O) groups excluding carboxylic acids is 1. The number of nitrogens with two attached hydrogens (primary N) is 1. The quantitative estimate of drug-likeness (QED) is 0.885. The second kappa shape index (κ2) is 7.41. The number of methoxy groups -OCH3 is 1. The van der Waals surface area contributed by atoms with Gasteiger partial charge in [0.1, 0.15) is 0 Å². The molecule has 0 aliphatic carbocycles. The molecule has 1 aromatic carbocycles. The van der Waals surface area contributed by atoms with Crippen molar-refractivity contribution in [1.82, 2.24) is 4.90 Å². The zero-order valence-electron chi connectivity index (χ0n) is 12.1. The van der Waals surface area contributed by atoms with Crippen molar-refractivity contribution in [2.45, 2.75) is 25.4 Å². The van der Waals surface area contributed by atoms with Gasteiger partial charge in [0.2, 0.25) is 5.91 Å². The molecule has 2 N–H and O–H groups in total. The molecule has 0 aromatic heterocycles. The summed E-state index contributed by atoms with van der Waals surface area (Å²) >= 11 is 0. The summed E-state index contributed by atoms with van der Waals surface area (Å²) in [7, 11) is 1.71. The van der Waals surface area contributed by atoms with Crippen LogP contribution in [0.3, 0.4) is 0 Å². The molecule has 2 rings (SSSR count). The van der Waals surface area contributed by atoms with Crippen LogP contribution >= 0.6 is 0 Å². The molecule has 1 saturated heterocycles. The minimum atomic E-state index is -0.131. The SMILES string of the molecule is COC1CCCN(C(=O)C(CN)Cc2ccccc2)C1. The molecule has 20 heavy (non-hydrogen) atoms. The summed E-state index contributed by atoms with van der Waals surface area (Å²) in [6.45, 7) is 1.91. The molecule has 1 fully saturated rings. The van der Waals surface area contributed by atoms with Gasteiger partial charge in [-0.25, -0.2) is 0 Å². The molecule has 1 amide bonds. The number of piperidine rings is 1. The molecule has 0 saturated carbocycles. The number of carbonyl (C=O) groups is 1. The van der Waals surface area contributed by atoms with Crippen molar-refractivity contribution < 1.29 is 9.53 Å². The molecule has 4 heteroatoms. The number of rotatable bonds is 5. The van der Waals surface area contributed by atoms with Crippen LogP contribution in [0.1, 0.15) is 18.4 Å². The van der Waals surface area contributed by atoms with Crippen LogP contribution in [0.4, 0.5) is 0 Å². The maximum absolute atomic E-state index is 12.6. The van der Waals surface area contributed by atoms with Crippen molar-refractivity contribution in [1.29, 1.82) is 0 Å². The lowest BCUT2D eigenvalue weighted by molar-refractivity contribution is -0.138. The Morgan fingerprint density at radius 1 is 1.45 bits per heavy atom. The highest BCUT2D eigenvalue weighted by Gasteiger charge is 2.28. The van der Waals surface area contributed by atoms with Gasteiger partial charge in [0.25, 0.3) is 0 Å². The lowest BCUT2D eigenvalue weighted by atomic mass is 9.96. The van der Waals surface area contributed by atoms with Crippen LogP contribution in [-0.2, 0) is 16.0 Å². The van der Waals surface area contributed by atoms with Gasteiger partial charge in [-0.15, -0.1) is 0 Å². The lowest BCUT2D eigenvalue weighted by Gasteiger charge is -2.34. The number of amides is 1. The van der Waals surface area contributed by atoms with Crippen LogP contribution in [0, 0.1) is 5.92 Å². The van der Waals surface area contributed by atoms with Gasteiger partial charge in [-0.05, 0) is 24.8 Å². The van der Waals surface area contributed by atoms with Crippen LogP contribution < -0.4 is 5.73 Å². The molecule has 1 aliphatic heterocycles. The fourth-order valence-electron chi connectivity index (χ4n) is 2.76. The predicted octanol–water partition coefficient (Wildman–Crippen LogP) is 1.44. The van der Waals surface area contributed by atoms with Crippen LogP contribution in [0.2, 0.25) is 0 Å². The zero-order chi connectivity index (χ0) is 14.4. The maximum Gasteiger partial charge on any atom is 0.227 e. The van der Waals surface area contributed by atoms with Crippen LogP contribution in [0.15, 0.2) is 30.3 Å². The van der Waals surface area contributed by atoms with Gasteiger partial charge in [-0.2, -0.15) is 0 Å². The average Bonchev–Trinajstić information content (AvgIpc) is 2.53. The predicted molar refractivity (Wildman–Crippen MR) is 79.3 cm³/mol. The van der Waals surface area contributed by atoms with Gasteiger partial charge >= 0.3 is 0 Å². The number of likely N-dealkylation sites (tertiary alicyclic amines) is 1. The number of benzene rings is 1. The van der Waals surface area contributed by atoms with E-state index in [9.17, 15) is 4.79 Å². The second-order valence-corrected chi connectivity index (χ2v) is 5.41. The van der Waals surface area contributed by atoms with Gasteiger partial charge in [0.15, 0.2) is 0 Å². The van der Waals surface area contributed by atoms with Gasteiger partial charge in [0, 0.05) is 26.7 Å². The van der Waals surface area contributed by atoms with Crippen molar-refractivity contribution >= 4 is 5.91 Å². The minimum absolute atomic E-state index is 0.131. The molecule has 110 valence electrons. The first-order chi connectivity index (χ1) is 9.74. The highest BCUT2D eigenvalue weighted by Crippen LogP contribution is 2.17. The fraction of sp³-hybridized carbons (Fsp3) is 0.562. The fourth-order valence-corrected chi connectivity index (χ4v) is 2.76. The van der Waals surface area contributed by atoms with E-state index in [0.29, 0.717) is 19.5 Å². The summed E-state index contributed by atoms with van der Waals surface area (Å²) in [5, 5.41) is 0. The molecule has 0 bridgehead atoms. The number of hydrogen-bond acceptors (Lipinski definition) is 3. The van der Waals surface area contributed by atoms with Gasteiger partial charge < -0.3 is 15.4 Å². The highest BCUT2D eigenvalue weighted by molar-refractivity contribution is 5.79. The Labute approximate surface area is 120 Å². The Balaban J connectivity index is 1.98. The third kappa shape index (κ3) is 3.81. The van der Waals surface area contributed by atoms with Crippen molar-refractivity contribution in [3.8, 4) is 0 Å². The van der Waals surface area contributed by atoms with E-state index in [1.165, 1.54) is 0 Å². The molecule has 1 heterocycles. The van der Waals surface area contributed by atoms with E-state index in [1.807, 2.05) is 35.2 Å². The Morgan fingerprint density at radius 2 is 2.20 bits per heavy atom. The summed E-state index contributed by atoms with van der Waals surface area (Å²) in [5.74, 6) is 0.0334. The molecule has 1 aliphatic rings. The average molecular weight is 276 g/mol. The van der Waals surface area contributed by atoms with Crippen LogP contribution in [0.5, 0.6) is 0 Å². The first-order valence-electron chi connectivity index (χ1n) is 7.30. The standard InChI is InChI=1S/C16H24N2O2/c1-20-15-8-5-9-18(12-15)16(19)14(11-17)10-13-6-3-2-4-7-13/h2-4,6-7,14-15H,5,8-12,17H2,1H3.